The zero-order valence-corrected chi connectivity index (χ0v) is 16.4. The van der Waals surface area contributed by atoms with E-state index in [4.69, 9.17) is 5.73 Å². The zero-order chi connectivity index (χ0) is 20.4. The lowest BCUT2D eigenvalue weighted by molar-refractivity contribution is 0.259. The molecule has 0 aliphatic carbocycles. The van der Waals surface area contributed by atoms with Crippen molar-refractivity contribution < 1.29 is 4.79 Å². The van der Waals surface area contributed by atoms with Gasteiger partial charge in [0.15, 0.2) is 0 Å². The molecule has 29 heavy (non-hydrogen) atoms. The number of carbonyl (C=O) groups excluding carboxylic acids is 1. The van der Waals surface area contributed by atoms with E-state index in [-0.39, 0.29) is 0 Å². The lowest BCUT2D eigenvalue weighted by Gasteiger charge is -2.10. The summed E-state index contributed by atoms with van der Waals surface area (Å²) in [5, 5.41) is 7.21. The Kier molecular flexibility index (Phi) is 4.87. The first-order valence-electron chi connectivity index (χ1n) is 9.41. The number of amides is 2. The van der Waals surface area contributed by atoms with Crippen molar-refractivity contribution in [3.8, 4) is 28.1 Å². The van der Waals surface area contributed by atoms with Crippen LogP contribution in [0.2, 0.25) is 0 Å². The topological polar surface area (TPSA) is 72.9 Å². The SMILES string of the molecule is Cc1ccc(-c2ccc(-c3cc(C)nn3-c3ccc(NC(N)=O)cc3)cc2)cc1. The van der Waals surface area contributed by atoms with Gasteiger partial charge in [-0.3, -0.25) is 0 Å². The van der Waals surface area contributed by atoms with Crippen molar-refractivity contribution in [2.45, 2.75) is 13.8 Å². The summed E-state index contributed by atoms with van der Waals surface area (Å²) in [5.74, 6) is 0. The number of hydrogen-bond donors (Lipinski definition) is 2. The molecule has 4 aromatic rings. The number of nitrogens with one attached hydrogen (secondary N) is 1. The molecule has 3 aromatic carbocycles. The van der Waals surface area contributed by atoms with E-state index in [1.165, 1.54) is 16.7 Å². The number of rotatable bonds is 4. The Morgan fingerprint density at radius 1 is 0.828 bits per heavy atom. The molecule has 144 valence electrons. The largest absolute Gasteiger partial charge is 0.351 e. The molecule has 0 fully saturated rings. The smallest absolute Gasteiger partial charge is 0.316 e. The van der Waals surface area contributed by atoms with Crippen LogP contribution in [0.4, 0.5) is 10.5 Å². The number of aromatic nitrogens is 2. The van der Waals surface area contributed by atoms with E-state index >= 15 is 0 Å². The number of aryl methyl sites for hydroxylation is 2. The number of anilines is 1. The highest BCUT2D eigenvalue weighted by atomic mass is 16.2. The first-order chi connectivity index (χ1) is 14.0. The van der Waals surface area contributed by atoms with Crippen molar-refractivity contribution in [3.63, 3.8) is 0 Å². The molecule has 1 heterocycles. The van der Waals surface area contributed by atoms with Gasteiger partial charge in [-0.1, -0.05) is 54.1 Å². The highest BCUT2D eigenvalue weighted by molar-refractivity contribution is 5.87. The van der Waals surface area contributed by atoms with E-state index in [0.717, 1.165) is 22.6 Å². The molecule has 0 bridgehead atoms. The molecule has 4 rings (SSSR count). The summed E-state index contributed by atoms with van der Waals surface area (Å²) in [6.07, 6.45) is 0. The summed E-state index contributed by atoms with van der Waals surface area (Å²) < 4.78 is 1.91. The van der Waals surface area contributed by atoms with Gasteiger partial charge in [-0.2, -0.15) is 5.10 Å². The third-order valence-electron chi connectivity index (χ3n) is 4.78. The van der Waals surface area contributed by atoms with Crippen LogP contribution in [0.15, 0.2) is 78.9 Å². The van der Waals surface area contributed by atoms with Crippen molar-refractivity contribution in [2.24, 2.45) is 5.73 Å². The first kappa shape index (κ1) is 18.5. The van der Waals surface area contributed by atoms with Gasteiger partial charge in [-0.25, -0.2) is 9.48 Å². The highest BCUT2D eigenvalue weighted by Gasteiger charge is 2.11. The van der Waals surface area contributed by atoms with Crippen LogP contribution in [-0.4, -0.2) is 15.8 Å². The van der Waals surface area contributed by atoms with Crippen molar-refractivity contribution in [2.75, 3.05) is 5.32 Å². The summed E-state index contributed by atoms with van der Waals surface area (Å²) in [6, 6.07) is 25.9. The zero-order valence-electron chi connectivity index (χ0n) is 16.4. The number of urea groups is 1. The summed E-state index contributed by atoms with van der Waals surface area (Å²) in [5.41, 5.74) is 13.4. The normalized spacial score (nSPS) is 10.7. The first-order valence-corrected chi connectivity index (χ1v) is 9.41. The molecule has 5 heteroatoms. The van der Waals surface area contributed by atoms with E-state index in [0.29, 0.717) is 5.69 Å². The Morgan fingerprint density at radius 3 is 1.97 bits per heavy atom. The van der Waals surface area contributed by atoms with Crippen molar-refractivity contribution >= 4 is 11.7 Å². The van der Waals surface area contributed by atoms with Crippen LogP contribution in [-0.2, 0) is 0 Å². The predicted molar refractivity (Wildman–Crippen MR) is 117 cm³/mol. The summed E-state index contributed by atoms with van der Waals surface area (Å²) in [4.78, 5) is 11.0. The quantitative estimate of drug-likeness (QED) is 0.502. The number of nitrogens with zero attached hydrogens (tertiary/aromatic N) is 2. The van der Waals surface area contributed by atoms with Crippen molar-refractivity contribution in [1.29, 1.82) is 0 Å². The van der Waals surface area contributed by atoms with E-state index in [1.807, 2.05) is 23.7 Å². The summed E-state index contributed by atoms with van der Waals surface area (Å²) >= 11 is 0. The van der Waals surface area contributed by atoms with Crippen LogP contribution < -0.4 is 11.1 Å². The second-order valence-electron chi connectivity index (χ2n) is 7.06. The molecular weight excluding hydrogens is 360 g/mol. The van der Waals surface area contributed by atoms with Crippen LogP contribution in [0.25, 0.3) is 28.1 Å². The van der Waals surface area contributed by atoms with Gasteiger partial charge in [0.05, 0.1) is 17.1 Å². The number of carbonyl (C=O) groups is 1. The van der Waals surface area contributed by atoms with Crippen LogP contribution in [0, 0.1) is 13.8 Å². The van der Waals surface area contributed by atoms with Crippen LogP contribution in [0.3, 0.4) is 0 Å². The second kappa shape index (κ2) is 7.64. The molecule has 2 amide bonds. The maximum atomic E-state index is 11.0. The van der Waals surface area contributed by atoms with Crippen LogP contribution in [0.1, 0.15) is 11.3 Å². The number of benzene rings is 3. The Bertz CT molecular complexity index is 1140. The fourth-order valence-electron chi connectivity index (χ4n) is 3.31. The van der Waals surface area contributed by atoms with Gasteiger partial charge in [0.25, 0.3) is 0 Å². The van der Waals surface area contributed by atoms with Gasteiger partial charge >= 0.3 is 6.03 Å². The van der Waals surface area contributed by atoms with E-state index in [1.54, 1.807) is 12.1 Å². The van der Waals surface area contributed by atoms with Crippen molar-refractivity contribution in [1.82, 2.24) is 9.78 Å². The number of hydrogen-bond acceptors (Lipinski definition) is 2. The highest BCUT2D eigenvalue weighted by Crippen LogP contribution is 2.28. The second-order valence-corrected chi connectivity index (χ2v) is 7.06. The summed E-state index contributed by atoms with van der Waals surface area (Å²) in [6.45, 7) is 4.07. The molecule has 5 nitrogen and oxygen atoms in total. The van der Waals surface area contributed by atoms with Gasteiger partial charge in [0.2, 0.25) is 0 Å². The Morgan fingerprint density at radius 2 is 1.38 bits per heavy atom. The lowest BCUT2D eigenvalue weighted by atomic mass is 10.0. The van der Waals surface area contributed by atoms with Gasteiger partial charge in [0, 0.05) is 11.3 Å². The van der Waals surface area contributed by atoms with Crippen LogP contribution in [0.5, 0.6) is 0 Å². The Labute approximate surface area is 169 Å². The Balaban J connectivity index is 1.66. The average molecular weight is 382 g/mol. The van der Waals surface area contributed by atoms with Gasteiger partial charge in [-0.05, 0) is 55.3 Å². The number of nitrogens with two attached hydrogens (primary N) is 1. The minimum Gasteiger partial charge on any atom is -0.351 e. The van der Waals surface area contributed by atoms with Crippen LogP contribution >= 0.6 is 0 Å². The number of primary amides is 1. The molecule has 0 aliphatic rings. The fourth-order valence-corrected chi connectivity index (χ4v) is 3.31. The monoisotopic (exact) mass is 382 g/mol. The molecule has 0 spiro atoms. The molecule has 0 radical (unpaired) electrons. The molecule has 0 unspecified atom stereocenters. The maximum Gasteiger partial charge on any atom is 0.316 e. The van der Waals surface area contributed by atoms with E-state index in [2.05, 4.69) is 71.9 Å². The predicted octanol–water partition coefficient (Wildman–Crippen LogP) is 5.31. The fraction of sp³-hybridized carbons (Fsp3) is 0.0833. The molecule has 3 N–H and O–H groups in total. The average Bonchev–Trinajstić information content (AvgIpc) is 3.10. The molecule has 0 saturated heterocycles. The molecular formula is C24H22N4O. The lowest BCUT2D eigenvalue weighted by Crippen LogP contribution is -2.19. The van der Waals surface area contributed by atoms with Gasteiger partial charge in [0.1, 0.15) is 0 Å². The Hall–Kier alpha value is -3.86. The molecule has 1 aromatic heterocycles. The van der Waals surface area contributed by atoms with E-state index < -0.39 is 6.03 Å². The minimum atomic E-state index is -0.581. The van der Waals surface area contributed by atoms with E-state index in [9.17, 15) is 4.79 Å². The van der Waals surface area contributed by atoms with Gasteiger partial charge < -0.3 is 11.1 Å². The molecule has 0 aliphatic heterocycles. The third kappa shape index (κ3) is 4.04. The molecule has 0 atom stereocenters. The maximum absolute atomic E-state index is 11.0. The minimum absolute atomic E-state index is 0.581. The van der Waals surface area contributed by atoms with Crippen molar-refractivity contribution in [3.05, 3.63) is 90.1 Å². The standard InChI is InChI=1S/C24H22N4O/c1-16-3-5-18(6-4-16)19-7-9-20(10-8-19)23-15-17(2)27-28(23)22-13-11-21(12-14-22)26-24(25)29/h3-15H,1-2H3,(H3,25,26,29). The van der Waals surface area contributed by atoms with Gasteiger partial charge in [-0.15, -0.1) is 0 Å². The molecule has 0 saturated carbocycles. The third-order valence-corrected chi connectivity index (χ3v) is 4.78. The summed E-state index contributed by atoms with van der Waals surface area (Å²) in [7, 11) is 0.